The van der Waals surface area contributed by atoms with E-state index in [9.17, 15) is 0 Å². The van der Waals surface area contributed by atoms with Crippen LogP contribution in [0.3, 0.4) is 0 Å². The minimum absolute atomic E-state index is 0.539. The number of benzene rings is 1. The van der Waals surface area contributed by atoms with Crippen molar-refractivity contribution in [3.63, 3.8) is 0 Å². The molecule has 19 heavy (non-hydrogen) atoms. The molecule has 0 bridgehead atoms. The predicted octanol–water partition coefficient (Wildman–Crippen LogP) is 2.10. The standard InChI is InChI=1S/C14H22N4S/c1-19-10-14(16)17-12-4-5-13(11(8-12)9-15)18-6-2-3-7-18/h4-5,8H,2-3,6-7,9-10,15H2,1H3,(H2,16,17). The molecule has 104 valence electrons. The summed E-state index contributed by atoms with van der Waals surface area (Å²) in [5.74, 6) is 1.41. The van der Waals surface area contributed by atoms with Crippen LogP contribution in [0.15, 0.2) is 23.2 Å². The summed E-state index contributed by atoms with van der Waals surface area (Å²) in [4.78, 5) is 6.83. The van der Waals surface area contributed by atoms with Gasteiger partial charge in [0.15, 0.2) is 0 Å². The second-order valence-corrected chi connectivity index (χ2v) is 5.61. The monoisotopic (exact) mass is 278 g/mol. The molecule has 1 aromatic rings. The Morgan fingerprint density at radius 3 is 2.74 bits per heavy atom. The average molecular weight is 278 g/mol. The van der Waals surface area contributed by atoms with Gasteiger partial charge in [0.1, 0.15) is 5.84 Å². The minimum Gasteiger partial charge on any atom is -0.386 e. The first kappa shape index (κ1) is 14.2. The average Bonchev–Trinajstić information content (AvgIpc) is 2.92. The van der Waals surface area contributed by atoms with Gasteiger partial charge in [0.2, 0.25) is 0 Å². The number of hydrogen-bond donors (Lipinski definition) is 2. The molecule has 1 aromatic carbocycles. The Hall–Kier alpha value is -1.20. The van der Waals surface area contributed by atoms with E-state index in [1.807, 2.05) is 12.3 Å². The third kappa shape index (κ3) is 3.64. The SMILES string of the molecule is CSCC(N)=Nc1ccc(N2CCCC2)c(CN)c1. The smallest absolute Gasteiger partial charge is 0.110 e. The van der Waals surface area contributed by atoms with Gasteiger partial charge in [-0.05, 0) is 42.9 Å². The van der Waals surface area contributed by atoms with Crippen LogP contribution in [-0.4, -0.2) is 30.9 Å². The number of hydrogen-bond acceptors (Lipinski definition) is 4. The first-order valence-electron chi connectivity index (χ1n) is 6.64. The molecule has 0 atom stereocenters. The van der Waals surface area contributed by atoms with Crippen LogP contribution in [-0.2, 0) is 6.54 Å². The maximum atomic E-state index is 5.87. The van der Waals surface area contributed by atoms with Crippen LogP contribution >= 0.6 is 11.8 Å². The molecule has 0 spiro atoms. The van der Waals surface area contributed by atoms with Gasteiger partial charge in [-0.3, -0.25) is 0 Å². The van der Waals surface area contributed by atoms with Crippen molar-refractivity contribution in [2.75, 3.05) is 30.0 Å². The molecule has 1 heterocycles. The van der Waals surface area contributed by atoms with Gasteiger partial charge in [0, 0.05) is 25.3 Å². The molecule has 0 aromatic heterocycles. The lowest BCUT2D eigenvalue weighted by Gasteiger charge is -2.21. The van der Waals surface area contributed by atoms with Gasteiger partial charge in [-0.25, -0.2) is 4.99 Å². The molecule has 1 saturated heterocycles. The summed E-state index contributed by atoms with van der Waals surface area (Å²) in [5, 5.41) is 0. The van der Waals surface area contributed by atoms with Crippen molar-refractivity contribution in [1.82, 2.24) is 0 Å². The van der Waals surface area contributed by atoms with Crippen molar-refractivity contribution < 1.29 is 0 Å². The molecule has 4 N–H and O–H groups in total. The molecule has 0 aliphatic carbocycles. The topological polar surface area (TPSA) is 67.6 Å². The Morgan fingerprint density at radius 1 is 1.37 bits per heavy atom. The third-order valence-electron chi connectivity index (χ3n) is 3.29. The van der Waals surface area contributed by atoms with E-state index in [-0.39, 0.29) is 0 Å². The highest BCUT2D eigenvalue weighted by atomic mass is 32.2. The van der Waals surface area contributed by atoms with Crippen molar-refractivity contribution >= 4 is 29.0 Å². The van der Waals surface area contributed by atoms with Crippen LogP contribution < -0.4 is 16.4 Å². The molecule has 0 saturated carbocycles. The number of nitrogens with zero attached hydrogens (tertiary/aromatic N) is 2. The van der Waals surface area contributed by atoms with E-state index >= 15 is 0 Å². The van der Waals surface area contributed by atoms with Crippen LogP contribution in [0.1, 0.15) is 18.4 Å². The highest BCUT2D eigenvalue weighted by molar-refractivity contribution is 7.99. The summed E-state index contributed by atoms with van der Waals surface area (Å²) in [6.07, 6.45) is 4.55. The minimum atomic E-state index is 0.539. The van der Waals surface area contributed by atoms with Gasteiger partial charge in [0.25, 0.3) is 0 Å². The van der Waals surface area contributed by atoms with E-state index in [4.69, 9.17) is 11.5 Å². The Bertz CT molecular complexity index is 453. The third-order valence-corrected chi connectivity index (χ3v) is 3.88. The molecule has 1 fully saturated rings. The predicted molar refractivity (Wildman–Crippen MR) is 85.4 cm³/mol. The molecule has 4 nitrogen and oxygen atoms in total. The molecular formula is C14H22N4S. The molecule has 0 unspecified atom stereocenters. The summed E-state index contributed by atoms with van der Waals surface area (Å²) in [6.45, 7) is 2.80. The largest absolute Gasteiger partial charge is 0.386 e. The van der Waals surface area contributed by atoms with Gasteiger partial charge >= 0.3 is 0 Å². The van der Waals surface area contributed by atoms with Crippen LogP contribution in [0.25, 0.3) is 0 Å². The molecular weight excluding hydrogens is 256 g/mol. The summed E-state index contributed by atoms with van der Waals surface area (Å²) < 4.78 is 0. The fourth-order valence-corrected chi connectivity index (χ4v) is 2.78. The van der Waals surface area contributed by atoms with E-state index < -0.39 is 0 Å². The lowest BCUT2D eigenvalue weighted by Crippen LogP contribution is -2.20. The fourth-order valence-electron chi connectivity index (χ4n) is 2.42. The number of rotatable bonds is 5. The number of anilines is 1. The zero-order valence-corrected chi connectivity index (χ0v) is 12.2. The Balaban J connectivity index is 2.22. The number of nitrogens with two attached hydrogens (primary N) is 2. The highest BCUT2D eigenvalue weighted by Gasteiger charge is 2.15. The maximum absolute atomic E-state index is 5.87. The van der Waals surface area contributed by atoms with E-state index in [1.54, 1.807) is 11.8 Å². The summed E-state index contributed by atoms with van der Waals surface area (Å²) in [7, 11) is 0. The zero-order valence-electron chi connectivity index (χ0n) is 11.4. The lowest BCUT2D eigenvalue weighted by molar-refractivity contribution is 0.940. The molecule has 2 rings (SSSR count). The van der Waals surface area contributed by atoms with Gasteiger partial charge < -0.3 is 16.4 Å². The summed E-state index contributed by atoms with van der Waals surface area (Å²) >= 11 is 1.67. The molecule has 5 heteroatoms. The van der Waals surface area contributed by atoms with Gasteiger partial charge in [0.05, 0.1) is 11.4 Å². The fraction of sp³-hybridized carbons (Fsp3) is 0.500. The highest BCUT2D eigenvalue weighted by Crippen LogP contribution is 2.28. The lowest BCUT2D eigenvalue weighted by atomic mass is 10.1. The van der Waals surface area contributed by atoms with Crippen molar-refractivity contribution in [2.45, 2.75) is 19.4 Å². The first-order valence-corrected chi connectivity index (χ1v) is 8.04. The second kappa shape index (κ2) is 6.82. The molecule has 1 aliphatic rings. The second-order valence-electron chi connectivity index (χ2n) is 4.75. The van der Waals surface area contributed by atoms with Crippen LogP contribution in [0.4, 0.5) is 11.4 Å². The van der Waals surface area contributed by atoms with E-state index in [0.717, 1.165) is 30.1 Å². The summed E-state index contributed by atoms with van der Waals surface area (Å²) in [5.41, 5.74) is 15.0. The van der Waals surface area contributed by atoms with Crippen molar-refractivity contribution in [1.29, 1.82) is 0 Å². The zero-order chi connectivity index (χ0) is 13.7. The van der Waals surface area contributed by atoms with Gasteiger partial charge in [-0.2, -0.15) is 11.8 Å². The van der Waals surface area contributed by atoms with Crippen LogP contribution in [0, 0.1) is 0 Å². The first-order chi connectivity index (χ1) is 9.24. The maximum Gasteiger partial charge on any atom is 0.110 e. The Morgan fingerprint density at radius 2 is 2.11 bits per heavy atom. The molecule has 0 radical (unpaired) electrons. The Kier molecular flexibility index (Phi) is 5.10. The van der Waals surface area contributed by atoms with Crippen molar-refractivity contribution in [2.24, 2.45) is 16.5 Å². The number of thioether (sulfide) groups is 1. The molecule has 0 amide bonds. The quantitative estimate of drug-likeness (QED) is 0.639. The van der Waals surface area contributed by atoms with Crippen molar-refractivity contribution in [3.05, 3.63) is 23.8 Å². The van der Waals surface area contributed by atoms with E-state index in [2.05, 4.69) is 22.0 Å². The van der Waals surface area contributed by atoms with Crippen LogP contribution in [0.5, 0.6) is 0 Å². The van der Waals surface area contributed by atoms with Gasteiger partial charge in [-0.15, -0.1) is 0 Å². The summed E-state index contributed by atoms with van der Waals surface area (Å²) in [6, 6.07) is 6.21. The van der Waals surface area contributed by atoms with Crippen molar-refractivity contribution in [3.8, 4) is 0 Å². The van der Waals surface area contributed by atoms with Gasteiger partial charge in [-0.1, -0.05) is 0 Å². The van der Waals surface area contributed by atoms with E-state index in [0.29, 0.717) is 12.4 Å². The normalized spacial score (nSPS) is 16.1. The van der Waals surface area contributed by atoms with Crippen LogP contribution in [0.2, 0.25) is 0 Å². The molecule has 1 aliphatic heterocycles. The number of amidine groups is 1. The number of aliphatic imine (C=N–C) groups is 1. The Labute approximate surface area is 119 Å². The van der Waals surface area contributed by atoms with E-state index in [1.165, 1.54) is 18.5 Å².